The van der Waals surface area contributed by atoms with Crippen molar-refractivity contribution >= 4 is 38.8 Å². The number of thioether (sulfide) groups is 1. The van der Waals surface area contributed by atoms with Gasteiger partial charge in [-0.3, -0.25) is 0 Å². The minimum absolute atomic E-state index is 0.0983. The van der Waals surface area contributed by atoms with Crippen LogP contribution in [0.3, 0.4) is 0 Å². The summed E-state index contributed by atoms with van der Waals surface area (Å²) in [4.78, 5) is 4.73. The van der Waals surface area contributed by atoms with Gasteiger partial charge in [-0.25, -0.2) is 17.9 Å². The lowest BCUT2D eigenvalue weighted by Gasteiger charge is -2.06. The van der Waals surface area contributed by atoms with Gasteiger partial charge in [-0.1, -0.05) is 29.8 Å². The number of halogens is 1. The van der Waals surface area contributed by atoms with E-state index < -0.39 is 9.84 Å². The SMILES string of the molecule is CSc1nn2c(Cl)c(C)c(C)nc2c1S(=O)(=O)c1ccccc1. The first-order chi connectivity index (χ1) is 10.9. The molecule has 3 rings (SSSR count). The number of rotatable bonds is 3. The maximum Gasteiger partial charge on any atom is 0.213 e. The highest BCUT2D eigenvalue weighted by atomic mass is 35.5. The Kier molecular flexibility index (Phi) is 4.12. The van der Waals surface area contributed by atoms with Crippen molar-refractivity contribution < 1.29 is 8.42 Å². The van der Waals surface area contributed by atoms with Crippen molar-refractivity contribution in [2.75, 3.05) is 6.26 Å². The molecular weight excluding hydrogens is 354 g/mol. The van der Waals surface area contributed by atoms with Gasteiger partial charge in [0, 0.05) is 11.3 Å². The summed E-state index contributed by atoms with van der Waals surface area (Å²) in [5.74, 6) is 0. The van der Waals surface area contributed by atoms with Crippen LogP contribution in [-0.4, -0.2) is 29.3 Å². The molecule has 2 heterocycles. The summed E-state index contributed by atoms with van der Waals surface area (Å²) in [7, 11) is -3.74. The molecule has 0 aliphatic heterocycles. The monoisotopic (exact) mass is 367 g/mol. The predicted octanol–water partition coefficient (Wildman–Crippen LogP) is 3.55. The van der Waals surface area contributed by atoms with Crippen LogP contribution in [0.1, 0.15) is 11.3 Å². The average Bonchev–Trinajstić information content (AvgIpc) is 2.93. The minimum atomic E-state index is -3.74. The van der Waals surface area contributed by atoms with Crippen molar-refractivity contribution in [2.45, 2.75) is 28.7 Å². The van der Waals surface area contributed by atoms with E-state index in [0.29, 0.717) is 15.9 Å². The molecule has 3 aromatic rings. The zero-order valence-corrected chi connectivity index (χ0v) is 15.1. The van der Waals surface area contributed by atoms with Gasteiger partial charge in [0.2, 0.25) is 9.84 Å². The molecule has 23 heavy (non-hydrogen) atoms. The highest BCUT2D eigenvalue weighted by Gasteiger charge is 2.29. The molecule has 0 fully saturated rings. The standard InChI is InChI=1S/C15H14ClN3O2S2/c1-9-10(2)17-14-12(15(22-3)18-19(14)13(9)16)23(20,21)11-7-5-4-6-8-11/h4-8H,1-3H3. The van der Waals surface area contributed by atoms with E-state index in [2.05, 4.69) is 10.1 Å². The summed E-state index contributed by atoms with van der Waals surface area (Å²) >= 11 is 7.58. The number of hydrogen-bond acceptors (Lipinski definition) is 5. The second-order valence-electron chi connectivity index (χ2n) is 5.00. The van der Waals surface area contributed by atoms with E-state index in [1.165, 1.54) is 16.3 Å². The number of benzene rings is 1. The number of fused-ring (bicyclic) bond motifs is 1. The van der Waals surface area contributed by atoms with Crippen LogP contribution in [0.4, 0.5) is 0 Å². The molecule has 0 unspecified atom stereocenters. The Bertz CT molecular complexity index is 999. The van der Waals surface area contributed by atoms with Gasteiger partial charge in [-0.05, 0) is 32.2 Å². The summed E-state index contributed by atoms with van der Waals surface area (Å²) in [6.07, 6.45) is 1.78. The van der Waals surface area contributed by atoms with Crippen LogP contribution in [0.15, 0.2) is 45.1 Å². The molecular formula is C15H14ClN3O2S2. The molecule has 0 spiro atoms. The van der Waals surface area contributed by atoms with Gasteiger partial charge in [-0.15, -0.1) is 11.8 Å². The van der Waals surface area contributed by atoms with Gasteiger partial charge in [0.05, 0.1) is 4.90 Å². The Hall–Kier alpha value is -1.57. The van der Waals surface area contributed by atoms with E-state index in [9.17, 15) is 8.42 Å². The Morgan fingerprint density at radius 2 is 1.83 bits per heavy atom. The molecule has 0 saturated carbocycles. The average molecular weight is 368 g/mol. The molecule has 0 radical (unpaired) electrons. The van der Waals surface area contributed by atoms with Crippen molar-refractivity contribution in [1.82, 2.24) is 14.6 Å². The first-order valence-corrected chi connectivity index (χ1v) is 9.86. The fourth-order valence-corrected chi connectivity index (χ4v) is 4.92. The lowest BCUT2D eigenvalue weighted by atomic mass is 10.3. The van der Waals surface area contributed by atoms with Crippen LogP contribution in [0.5, 0.6) is 0 Å². The summed E-state index contributed by atoms with van der Waals surface area (Å²) in [6, 6.07) is 8.27. The molecule has 2 aromatic heterocycles. The minimum Gasteiger partial charge on any atom is -0.232 e. The zero-order valence-electron chi connectivity index (χ0n) is 12.7. The number of aromatic nitrogens is 3. The maximum absolute atomic E-state index is 13.0. The normalized spacial score (nSPS) is 12.0. The van der Waals surface area contributed by atoms with Crippen molar-refractivity contribution in [2.24, 2.45) is 0 Å². The van der Waals surface area contributed by atoms with Gasteiger partial charge in [-0.2, -0.15) is 5.10 Å². The highest BCUT2D eigenvalue weighted by molar-refractivity contribution is 7.99. The zero-order chi connectivity index (χ0) is 16.8. The summed E-state index contributed by atoms with van der Waals surface area (Å²) in [5, 5.41) is 5.09. The molecule has 5 nitrogen and oxygen atoms in total. The fourth-order valence-electron chi connectivity index (χ4n) is 2.25. The van der Waals surface area contributed by atoms with Gasteiger partial charge in [0.15, 0.2) is 10.5 Å². The van der Waals surface area contributed by atoms with Gasteiger partial charge in [0.1, 0.15) is 10.2 Å². The third-order valence-corrected chi connectivity index (χ3v) is 6.67. The van der Waals surface area contributed by atoms with E-state index in [-0.39, 0.29) is 15.4 Å². The van der Waals surface area contributed by atoms with E-state index in [4.69, 9.17) is 11.6 Å². The Labute approximate surface area is 143 Å². The van der Waals surface area contributed by atoms with Crippen molar-refractivity contribution in [3.8, 4) is 0 Å². The van der Waals surface area contributed by atoms with Crippen LogP contribution in [0.2, 0.25) is 5.15 Å². The van der Waals surface area contributed by atoms with Crippen LogP contribution >= 0.6 is 23.4 Å². The summed E-state index contributed by atoms with van der Waals surface area (Å²) < 4.78 is 27.5. The molecule has 0 atom stereocenters. The van der Waals surface area contributed by atoms with E-state index in [1.807, 2.05) is 6.92 Å². The van der Waals surface area contributed by atoms with E-state index in [1.54, 1.807) is 43.5 Å². The molecule has 0 aliphatic carbocycles. The summed E-state index contributed by atoms with van der Waals surface area (Å²) in [5.41, 5.74) is 1.71. The first kappa shape index (κ1) is 16.3. The van der Waals surface area contributed by atoms with Crippen molar-refractivity contribution in [1.29, 1.82) is 0 Å². The summed E-state index contributed by atoms with van der Waals surface area (Å²) in [6.45, 7) is 3.63. The number of sulfone groups is 1. The maximum atomic E-state index is 13.0. The molecule has 1 aromatic carbocycles. The quantitative estimate of drug-likeness (QED) is 0.523. The van der Waals surface area contributed by atoms with Crippen molar-refractivity contribution in [3.05, 3.63) is 46.7 Å². The van der Waals surface area contributed by atoms with Crippen LogP contribution in [0, 0.1) is 13.8 Å². The molecule has 0 bridgehead atoms. The van der Waals surface area contributed by atoms with Crippen LogP contribution in [-0.2, 0) is 9.84 Å². The molecule has 0 N–H and O–H groups in total. The van der Waals surface area contributed by atoms with Gasteiger partial charge < -0.3 is 0 Å². The number of hydrogen-bond donors (Lipinski definition) is 0. The smallest absolute Gasteiger partial charge is 0.213 e. The second kappa shape index (κ2) is 5.81. The van der Waals surface area contributed by atoms with Crippen molar-refractivity contribution in [3.63, 3.8) is 0 Å². The van der Waals surface area contributed by atoms with E-state index in [0.717, 1.165) is 5.56 Å². The highest BCUT2D eigenvalue weighted by Crippen LogP contribution is 2.34. The third kappa shape index (κ3) is 2.52. The fraction of sp³-hybridized carbons (Fsp3) is 0.200. The first-order valence-electron chi connectivity index (χ1n) is 6.77. The van der Waals surface area contributed by atoms with Crippen LogP contribution < -0.4 is 0 Å². The lowest BCUT2D eigenvalue weighted by molar-refractivity contribution is 0.594. The Balaban J connectivity index is 2.42. The predicted molar refractivity (Wildman–Crippen MR) is 91.1 cm³/mol. The lowest BCUT2D eigenvalue weighted by Crippen LogP contribution is -2.05. The molecule has 8 heteroatoms. The molecule has 0 amide bonds. The number of aryl methyl sites for hydroxylation is 1. The van der Waals surface area contributed by atoms with Gasteiger partial charge in [0.25, 0.3) is 0 Å². The van der Waals surface area contributed by atoms with Gasteiger partial charge >= 0.3 is 0 Å². The number of nitrogens with zero attached hydrogens (tertiary/aromatic N) is 3. The van der Waals surface area contributed by atoms with Crippen LogP contribution in [0.25, 0.3) is 5.65 Å². The second-order valence-corrected chi connectivity index (χ2v) is 8.04. The molecule has 0 saturated heterocycles. The largest absolute Gasteiger partial charge is 0.232 e. The van der Waals surface area contributed by atoms with E-state index >= 15 is 0 Å². The Morgan fingerprint density at radius 1 is 1.17 bits per heavy atom. The topological polar surface area (TPSA) is 64.3 Å². The molecule has 120 valence electrons. The molecule has 0 aliphatic rings. The Morgan fingerprint density at radius 3 is 2.43 bits per heavy atom. The third-order valence-electron chi connectivity index (χ3n) is 3.62.